The van der Waals surface area contributed by atoms with E-state index in [-0.39, 0.29) is 0 Å². The molecule has 0 aliphatic carbocycles. The number of aromatic nitrogens is 2. The molecular weight excluding hydrogens is 226 g/mol. The van der Waals surface area contributed by atoms with Crippen molar-refractivity contribution < 1.29 is 0 Å². The van der Waals surface area contributed by atoms with Gasteiger partial charge in [-0.15, -0.1) is 11.3 Å². The van der Waals surface area contributed by atoms with Crippen LogP contribution in [0.15, 0.2) is 23.7 Å². The van der Waals surface area contributed by atoms with Gasteiger partial charge in [0.2, 0.25) is 0 Å². The number of rotatable bonds is 3. The molecule has 0 saturated heterocycles. The van der Waals surface area contributed by atoms with Crippen molar-refractivity contribution in [2.24, 2.45) is 0 Å². The zero-order valence-corrected chi connectivity index (χ0v) is 9.94. The lowest BCUT2D eigenvalue weighted by atomic mass is 10.3. The molecule has 0 aliphatic rings. The number of hydrogen-bond acceptors (Lipinski definition) is 5. The fourth-order valence-corrected chi connectivity index (χ4v) is 2.37. The van der Waals surface area contributed by atoms with E-state index in [1.807, 2.05) is 23.7 Å². The lowest BCUT2D eigenvalue weighted by molar-refractivity contribution is 1.18. The second-order valence-electron chi connectivity index (χ2n) is 3.05. The fraction of sp³-hybridized carbons (Fsp3) is 0.200. The zero-order chi connectivity index (χ0) is 10.7. The van der Waals surface area contributed by atoms with E-state index >= 15 is 0 Å². The van der Waals surface area contributed by atoms with Gasteiger partial charge in [0.15, 0.2) is 0 Å². The molecule has 2 rings (SSSR count). The molecule has 0 unspecified atom stereocenters. The van der Waals surface area contributed by atoms with E-state index in [1.54, 1.807) is 23.1 Å². The molecule has 0 aromatic carbocycles. The van der Waals surface area contributed by atoms with Gasteiger partial charge < -0.3 is 5.73 Å². The summed E-state index contributed by atoms with van der Waals surface area (Å²) >= 11 is 3.31. The summed E-state index contributed by atoms with van der Waals surface area (Å²) < 4.78 is 0. The van der Waals surface area contributed by atoms with Crippen LogP contribution in [0, 0.1) is 0 Å². The Morgan fingerprint density at radius 2 is 2.33 bits per heavy atom. The number of anilines is 1. The van der Waals surface area contributed by atoms with Gasteiger partial charge in [0.25, 0.3) is 0 Å². The van der Waals surface area contributed by atoms with Gasteiger partial charge in [-0.1, -0.05) is 0 Å². The number of pyridine rings is 1. The number of thioether (sulfide) groups is 1. The van der Waals surface area contributed by atoms with Crippen molar-refractivity contribution in [2.45, 2.75) is 5.75 Å². The first-order valence-corrected chi connectivity index (χ1v) is 6.72. The maximum atomic E-state index is 5.57. The summed E-state index contributed by atoms with van der Waals surface area (Å²) in [6.45, 7) is 0. The highest BCUT2D eigenvalue weighted by atomic mass is 32.2. The van der Waals surface area contributed by atoms with E-state index in [0.29, 0.717) is 5.82 Å². The molecule has 0 radical (unpaired) electrons. The zero-order valence-electron chi connectivity index (χ0n) is 8.30. The topological polar surface area (TPSA) is 51.8 Å². The molecule has 0 fully saturated rings. The van der Waals surface area contributed by atoms with Gasteiger partial charge in [-0.2, -0.15) is 11.8 Å². The number of thiazole rings is 1. The number of nitrogens with two attached hydrogens (primary N) is 1. The van der Waals surface area contributed by atoms with Crippen molar-refractivity contribution in [3.05, 3.63) is 29.4 Å². The quantitative estimate of drug-likeness (QED) is 0.891. The van der Waals surface area contributed by atoms with E-state index in [0.717, 1.165) is 22.0 Å². The highest BCUT2D eigenvalue weighted by Gasteiger charge is 2.03. The minimum atomic E-state index is 0.572. The minimum absolute atomic E-state index is 0.572. The summed E-state index contributed by atoms with van der Waals surface area (Å²) in [4.78, 5) is 8.57. The summed E-state index contributed by atoms with van der Waals surface area (Å²) in [6, 6.07) is 4.07. The van der Waals surface area contributed by atoms with Crippen molar-refractivity contribution >= 4 is 28.9 Å². The second kappa shape index (κ2) is 4.63. The van der Waals surface area contributed by atoms with Gasteiger partial charge in [0.1, 0.15) is 10.8 Å². The molecule has 0 spiro atoms. The normalized spacial score (nSPS) is 10.5. The van der Waals surface area contributed by atoms with Gasteiger partial charge in [-0.05, 0) is 18.4 Å². The van der Waals surface area contributed by atoms with Crippen molar-refractivity contribution in [1.29, 1.82) is 0 Å². The second-order valence-corrected chi connectivity index (χ2v) is 4.77. The van der Waals surface area contributed by atoms with E-state index in [1.165, 1.54) is 0 Å². The molecule has 2 heterocycles. The predicted molar refractivity (Wildman–Crippen MR) is 67.0 cm³/mol. The van der Waals surface area contributed by atoms with E-state index in [2.05, 4.69) is 16.2 Å². The van der Waals surface area contributed by atoms with Crippen LogP contribution in [0.3, 0.4) is 0 Å². The van der Waals surface area contributed by atoms with Crippen LogP contribution in [0.1, 0.15) is 5.69 Å². The van der Waals surface area contributed by atoms with Crippen LogP contribution >= 0.6 is 23.1 Å². The van der Waals surface area contributed by atoms with Crippen molar-refractivity contribution in [3.63, 3.8) is 0 Å². The van der Waals surface area contributed by atoms with Crippen LogP contribution in [-0.2, 0) is 5.75 Å². The van der Waals surface area contributed by atoms with Crippen LogP contribution in [-0.4, -0.2) is 16.2 Å². The molecular formula is C10H11N3S2. The molecule has 0 bridgehead atoms. The molecule has 5 heteroatoms. The maximum absolute atomic E-state index is 5.57. The third-order valence-corrected chi connectivity index (χ3v) is 3.38. The van der Waals surface area contributed by atoms with E-state index < -0.39 is 0 Å². The lowest BCUT2D eigenvalue weighted by Crippen LogP contribution is -1.87. The Labute approximate surface area is 96.8 Å². The monoisotopic (exact) mass is 237 g/mol. The Morgan fingerprint density at radius 1 is 1.47 bits per heavy atom. The van der Waals surface area contributed by atoms with Gasteiger partial charge in [-0.3, -0.25) is 4.98 Å². The highest BCUT2D eigenvalue weighted by Crippen LogP contribution is 2.24. The third-order valence-electron chi connectivity index (χ3n) is 1.89. The summed E-state index contributed by atoms with van der Waals surface area (Å²) in [5, 5.41) is 2.77. The Morgan fingerprint density at radius 3 is 2.87 bits per heavy atom. The summed E-state index contributed by atoms with van der Waals surface area (Å²) in [5.41, 5.74) is 7.69. The van der Waals surface area contributed by atoms with Gasteiger partial charge in [-0.25, -0.2) is 4.98 Å². The first-order chi connectivity index (χ1) is 7.29. The molecule has 3 nitrogen and oxygen atoms in total. The molecule has 78 valence electrons. The van der Waals surface area contributed by atoms with Crippen LogP contribution in [0.4, 0.5) is 5.82 Å². The summed E-state index contributed by atoms with van der Waals surface area (Å²) in [6.07, 6.45) is 3.92. The Kier molecular flexibility index (Phi) is 3.23. The van der Waals surface area contributed by atoms with E-state index in [4.69, 9.17) is 5.73 Å². The number of hydrogen-bond donors (Lipinski definition) is 1. The number of nitrogen functional groups attached to an aromatic ring is 1. The molecule has 2 N–H and O–H groups in total. The Balaban J connectivity index is 2.23. The van der Waals surface area contributed by atoms with Crippen molar-refractivity contribution in [2.75, 3.05) is 12.0 Å². The third kappa shape index (κ3) is 2.49. The molecule has 0 amide bonds. The molecule has 2 aromatic rings. The Bertz CT molecular complexity index is 436. The molecule has 15 heavy (non-hydrogen) atoms. The van der Waals surface area contributed by atoms with Crippen LogP contribution in [0.25, 0.3) is 10.6 Å². The first-order valence-electron chi connectivity index (χ1n) is 4.45. The average Bonchev–Trinajstić information content (AvgIpc) is 2.67. The molecule has 0 atom stereocenters. The molecule has 0 saturated carbocycles. The maximum Gasteiger partial charge on any atom is 0.135 e. The van der Waals surface area contributed by atoms with Crippen molar-refractivity contribution in [3.8, 4) is 10.6 Å². The summed E-state index contributed by atoms with van der Waals surface area (Å²) in [7, 11) is 0. The van der Waals surface area contributed by atoms with Crippen LogP contribution in [0.5, 0.6) is 0 Å². The van der Waals surface area contributed by atoms with Gasteiger partial charge >= 0.3 is 0 Å². The largest absolute Gasteiger partial charge is 0.383 e. The Hall–Kier alpha value is -1.07. The van der Waals surface area contributed by atoms with Crippen LogP contribution in [0.2, 0.25) is 0 Å². The SMILES string of the molecule is CSCc1ccc(-c2nc(N)cs2)cn1. The lowest BCUT2D eigenvalue weighted by Gasteiger charge is -1.98. The van der Waals surface area contributed by atoms with Crippen LogP contribution < -0.4 is 5.73 Å². The molecule has 0 aliphatic heterocycles. The fourth-order valence-electron chi connectivity index (χ4n) is 1.20. The first kappa shape index (κ1) is 10.4. The van der Waals surface area contributed by atoms with Crippen molar-refractivity contribution in [1.82, 2.24) is 9.97 Å². The predicted octanol–water partition coefficient (Wildman–Crippen LogP) is 2.65. The smallest absolute Gasteiger partial charge is 0.135 e. The average molecular weight is 237 g/mol. The summed E-state index contributed by atoms with van der Waals surface area (Å²) in [5.74, 6) is 1.52. The van der Waals surface area contributed by atoms with Gasteiger partial charge in [0, 0.05) is 22.9 Å². The highest BCUT2D eigenvalue weighted by molar-refractivity contribution is 7.97. The molecule has 2 aromatic heterocycles. The minimum Gasteiger partial charge on any atom is -0.383 e. The standard InChI is InChI=1S/C10H11N3S2/c1-14-5-8-3-2-7(4-12-8)10-13-9(11)6-15-10/h2-4,6H,5,11H2,1H3. The van der Waals surface area contributed by atoms with E-state index in [9.17, 15) is 0 Å². The van der Waals surface area contributed by atoms with Gasteiger partial charge in [0.05, 0.1) is 5.69 Å². The number of nitrogens with zero attached hydrogens (tertiary/aromatic N) is 2.